The molecule has 0 aromatic carbocycles. The van der Waals surface area contributed by atoms with Crippen LogP contribution < -0.4 is 0 Å². The molecule has 60 heavy (non-hydrogen) atoms. The van der Waals surface area contributed by atoms with Crippen LogP contribution in [0.1, 0.15) is 81.1 Å². The molecule has 4 aliphatic heterocycles. The first-order valence-corrected chi connectivity index (χ1v) is 21.3. The highest BCUT2D eigenvalue weighted by Gasteiger charge is 2.63. The van der Waals surface area contributed by atoms with Crippen molar-refractivity contribution in [3.63, 3.8) is 0 Å². The molecule has 1 amide bonds. The highest BCUT2D eigenvalue weighted by Crippen LogP contribution is 2.44. The molecule has 6 rings (SSSR count). The molecule has 17 nitrogen and oxygen atoms in total. The predicted octanol–water partition coefficient (Wildman–Crippen LogP) is 4.11. The van der Waals surface area contributed by atoms with Crippen molar-refractivity contribution in [3.05, 3.63) is 42.3 Å². The maximum atomic E-state index is 14.7. The lowest BCUT2D eigenvalue weighted by Crippen LogP contribution is -2.61. The lowest BCUT2D eigenvalue weighted by atomic mass is 9.73. The van der Waals surface area contributed by atoms with Crippen molar-refractivity contribution in [1.29, 1.82) is 0 Å². The van der Waals surface area contributed by atoms with Gasteiger partial charge in [0.2, 0.25) is 6.67 Å². The van der Waals surface area contributed by atoms with Crippen molar-refractivity contribution < 1.29 is 47.9 Å². The summed E-state index contributed by atoms with van der Waals surface area (Å²) in [5.41, 5.74) is -0.413. The van der Waals surface area contributed by atoms with Gasteiger partial charge in [0, 0.05) is 62.2 Å². The van der Waals surface area contributed by atoms with Crippen molar-refractivity contribution in [2.24, 2.45) is 23.7 Å². The van der Waals surface area contributed by atoms with E-state index in [1.165, 1.54) is 19.0 Å². The minimum absolute atomic E-state index is 0.171. The van der Waals surface area contributed by atoms with E-state index in [2.05, 4.69) is 9.97 Å². The number of aryl methyl sites for hydroxylation is 1. The molecule has 6 heterocycles. The molecule has 2 aromatic rings. The first-order valence-electron chi connectivity index (χ1n) is 21.3. The van der Waals surface area contributed by atoms with Crippen molar-refractivity contribution in [1.82, 2.24) is 29.5 Å². The average molecular weight is 840 g/mol. The van der Waals surface area contributed by atoms with E-state index in [1.807, 2.05) is 76.5 Å². The van der Waals surface area contributed by atoms with Crippen LogP contribution in [0.4, 0.5) is 4.79 Å². The van der Waals surface area contributed by atoms with Gasteiger partial charge in [0.15, 0.2) is 23.4 Å². The van der Waals surface area contributed by atoms with Crippen LogP contribution in [0.2, 0.25) is 0 Å². The molecule has 4 aliphatic rings. The number of cyclic esters (lactones) is 1. The molecule has 0 saturated carbocycles. The fraction of sp³-hybridized carbons (Fsp3) is 0.721. The smallest absolute Gasteiger partial charge is 0.425 e. The quantitative estimate of drug-likeness (QED) is 0.156. The van der Waals surface area contributed by atoms with Gasteiger partial charge in [0.25, 0.3) is 0 Å². The largest absolute Gasteiger partial charge is 0.623 e. The van der Waals surface area contributed by atoms with E-state index in [9.17, 15) is 24.7 Å². The lowest BCUT2D eigenvalue weighted by Gasteiger charge is -2.47. The number of nitrogens with zero attached hydrogens (tertiary/aromatic N) is 7. The number of aliphatic hydroxyl groups excluding tert-OH is 1. The molecular weight excluding hydrogens is 775 g/mol. The Morgan fingerprint density at radius 3 is 2.42 bits per heavy atom. The summed E-state index contributed by atoms with van der Waals surface area (Å²) in [6.07, 6.45) is 3.64. The molecule has 3 saturated heterocycles. The molecule has 2 bridgehead atoms. The minimum atomic E-state index is -1.40. The third-order valence-corrected chi connectivity index (χ3v) is 13.4. The molecular formula is C43H65N7O10. The maximum Gasteiger partial charge on any atom is 0.425 e. The number of Topliss-reactive ketones (excluding diaryl/α,β-unsaturated/α-hetero) is 1. The van der Waals surface area contributed by atoms with Gasteiger partial charge in [-0.25, -0.2) is 14.8 Å². The lowest BCUT2D eigenvalue weighted by molar-refractivity contribution is -0.494. The number of pyridine rings is 1. The fourth-order valence-electron chi connectivity index (χ4n) is 10.2. The molecule has 0 aliphatic carbocycles. The summed E-state index contributed by atoms with van der Waals surface area (Å²) < 4.78 is 34.6. The number of hydrazine groups is 1. The van der Waals surface area contributed by atoms with E-state index in [-0.39, 0.29) is 31.7 Å². The van der Waals surface area contributed by atoms with E-state index in [0.29, 0.717) is 31.6 Å². The van der Waals surface area contributed by atoms with Crippen molar-refractivity contribution in [2.75, 3.05) is 34.4 Å². The van der Waals surface area contributed by atoms with Gasteiger partial charge >= 0.3 is 12.1 Å². The Balaban J connectivity index is 1.38. The Hall–Kier alpha value is -4.00. The molecule has 2 aromatic heterocycles. The van der Waals surface area contributed by atoms with Gasteiger partial charge in [-0.2, -0.15) is 9.75 Å². The Morgan fingerprint density at radius 1 is 1.07 bits per heavy atom. The number of ether oxygens (including phenoxy) is 5. The molecule has 0 unspecified atom stereocenters. The zero-order chi connectivity index (χ0) is 43.8. The summed E-state index contributed by atoms with van der Waals surface area (Å²) >= 11 is 0. The number of hydroxylamine groups is 1. The van der Waals surface area contributed by atoms with Gasteiger partial charge in [0.1, 0.15) is 24.2 Å². The van der Waals surface area contributed by atoms with Gasteiger partial charge in [-0.1, -0.05) is 27.7 Å². The van der Waals surface area contributed by atoms with Crippen LogP contribution in [0.3, 0.4) is 0 Å². The summed E-state index contributed by atoms with van der Waals surface area (Å²) in [7, 11) is 5.28. The number of hydrogen-bond acceptors (Lipinski definition) is 14. The van der Waals surface area contributed by atoms with Crippen molar-refractivity contribution >= 4 is 23.6 Å². The number of amides is 1. The standard InChI is InChI=1S/C43H65N7O10/c1-12-33-43(8)37-27(4)34(49(55)24-48(50(37)41(54)60-43)19-13-18-47-22-31(45-23-47)30-14-16-44-17-15-30)25(2)21-42(7,56-11)38(28(5)35(51)29(6)39(53)58-33)59-40-36(52)32(46(9)10)20-26(3)57-40/h14-17,22-23,25-29,32-33,36-38,40,52H,12-13,18-21,24H2,1-11H3/t25-,26-,27+,28+,29-,32+,33-,36-,37-,38-,40+,42+,43-/m1/s1. The van der Waals surface area contributed by atoms with Crippen molar-refractivity contribution in [3.8, 4) is 11.3 Å². The number of esters is 1. The van der Waals surface area contributed by atoms with E-state index < -0.39 is 83.4 Å². The zero-order valence-electron chi connectivity index (χ0n) is 37.0. The molecule has 332 valence electrons. The molecule has 0 spiro atoms. The highest BCUT2D eigenvalue weighted by molar-refractivity contribution is 6.00. The number of ketones is 1. The van der Waals surface area contributed by atoms with Crippen LogP contribution in [0.25, 0.3) is 11.3 Å². The number of imidazole rings is 1. The second-order valence-corrected chi connectivity index (χ2v) is 17.9. The van der Waals surface area contributed by atoms with Crippen LogP contribution in [0.15, 0.2) is 37.1 Å². The number of hydrogen-bond donors (Lipinski definition) is 1. The Labute approximate surface area is 353 Å². The summed E-state index contributed by atoms with van der Waals surface area (Å²) in [6, 6.07) is 2.73. The summed E-state index contributed by atoms with van der Waals surface area (Å²) in [4.78, 5) is 53.2. The predicted molar refractivity (Wildman–Crippen MR) is 220 cm³/mol. The third kappa shape index (κ3) is 8.71. The van der Waals surface area contributed by atoms with E-state index in [0.717, 1.165) is 16.0 Å². The van der Waals surface area contributed by atoms with Crippen LogP contribution in [-0.2, 0) is 39.8 Å². The summed E-state index contributed by atoms with van der Waals surface area (Å²) in [5.74, 6) is -4.47. The minimum Gasteiger partial charge on any atom is -0.623 e. The second kappa shape index (κ2) is 18.2. The van der Waals surface area contributed by atoms with Crippen LogP contribution in [0.5, 0.6) is 0 Å². The molecule has 13 atom stereocenters. The van der Waals surface area contributed by atoms with Gasteiger partial charge < -0.3 is 43.5 Å². The average Bonchev–Trinajstić information content (AvgIpc) is 3.76. The van der Waals surface area contributed by atoms with Gasteiger partial charge in [0.05, 0.1) is 35.7 Å². The van der Waals surface area contributed by atoms with Crippen LogP contribution in [-0.4, -0.2) is 151 Å². The molecule has 17 heteroatoms. The molecule has 3 fully saturated rings. The summed E-state index contributed by atoms with van der Waals surface area (Å²) in [6.45, 7) is 15.1. The fourth-order valence-corrected chi connectivity index (χ4v) is 10.2. The SMILES string of the molecule is CC[C@H]1OC(=O)[C@H](C)C(=O)[C@H](C)[C@@H](O[C@@H]2O[C@H](C)C[C@H](N(C)C)[C@H]2O)[C@@](C)(OC)C[C@@H](C)C2=[N+]([O-])CN(CCCn3cnc(-c4ccncc4)c3)N3C(=O)O[C@@]1(C)[C@H]3[C@H]2C. The first-order chi connectivity index (χ1) is 28.3. The number of carbonyl (C=O) groups is 3. The summed E-state index contributed by atoms with van der Waals surface area (Å²) in [5, 5.41) is 29.5. The second-order valence-electron chi connectivity index (χ2n) is 17.9. The van der Waals surface area contributed by atoms with Gasteiger partial charge in [-0.3, -0.25) is 14.6 Å². The van der Waals surface area contributed by atoms with Crippen LogP contribution >= 0.6 is 0 Å². The zero-order valence-corrected chi connectivity index (χ0v) is 37.0. The molecule has 0 radical (unpaired) electrons. The molecule has 1 N–H and O–H groups in total. The van der Waals surface area contributed by atoms with Gasteiger partial charge in [-0.05, 0) is 79.6 Å². The monoisotopic (exact) mass is 839 g/mol. The van der Waals surface area contributed by atoms with Crippen LogP contribution in [0, 0.1) is 28.9 Å². The van der Waals surface area contributed by atoms with E-state index in [4.69, 9.17) is 23.7 Å². The first kappa shape index (κ1) is 45.5. The van der Waals surface area contributed by atoms with E-state index >= 15 is 0 Å². The maximum absolute atomic E-state index is 14.7. The topological polar surface area (TPSA) is 184 Å². The third-order valence-electron chi connectivity index (χ3n) is 13.4. The number of aliphatic hydroxyl groups is 1. The number of carbonyl (C=O) groups excluding carboxylic acids is 3. The normalized spacial score (nSPS) is 37.2. The Kier molecular flexibility index (Phi) is 13.8. The number of aromatic nitrogens is 3. The number of rotatable bonds is 10. The number of likely N-dealkylation sites (N-methyl/N-ethyl adjacent to an activating group) is 1. The van der Waals surface area contributed by atoms with Crippen molar-refractivity contribution in [2.45, 2.75) is 142 Å². The van der Waals surface area contributed by atoms with Gasteiger partial charge in [-0.15, -0.1) is 0 Å². The Bertz CT molecular complexity index is 1880. The number of fused-ring (bicyclic) bond motifs is 1. The van der Waals surface area contributed by atoms with E-state index in [1.54, 1.807) is 37.6 Å². The Morgan fingerprint density at radius 2 is 1.77 bits per heavy atom. The highest BCUT2D eigenvalue weighted by atomic mass is 16.7. The number of methoxy groups -OCH3 is 1.